The van der Waals surface area contributed by atoms with Gasteiger partial charge in [-0.25, -0.2) is 0 Å². The third-order valence-electron chi connectivity index (χ3n) is 12.1. The molecule has 1 heterocycles. The van der Waals surface area contributed by atoms with Gasteiger partial charge in [-0.05, 0) is 131 Å². The maximum absolute atomic E-state index is 6.49. The molecule has 0 amide bonds. The van der Waals surface area contributed by atoms with E-state index in [-0.39, 0.29) is 5.41 Å². The summed E-state index contributed by atoms with van der Waals surface area (Å²) < 4.78 is 6.49. The highest BCUT2D eigenvalue weighted by Gasteiger charge is 2.51. The summed E-state index contributed by atoms with van der Waals surface area (Å²) in [6, 6.07) is 71.6. The molecule has 0 saturated heterocycles. The maximum Gasteiger partial charge on any atom is 0.135 e. The standard InChI is InChI=1S/C53H32O/c1-2-12-33(13-3-1)37-28-38(35-25-27-50-45(31-35)44-19-10-14-34-15-11-23-51(54-50)52(34)44)30-39(29-37)36-24-26-43-42-18-6-9-22-48(42)53(49(43)32-36)46-20-7-4-16-40(46)41-17-5-8-21-47(41)53/h1-32H. The van der Waals surface area contributed by atoms with E-state index in [2.05, 4.69) is 194 Å². The van der Waals surface area contributed by atoms with Crippen molar-refractivity contribution in [2.75, 3.05) is 0 Å². The molecular formula is C53H32O. The van der Waals surface area contributed by atoms with Crippen molar-refractivity contribution < 1.29 is 4.74 Å². The average molecular weight is 685 g/mol. The van der Waals surface area contributed by atoms with Crippen LogP contribution in [0.4, 0.5) is 0 Å². The Kier molecular flexibility index (Phi) is 6.04. The Balaban J connectivity index is 1.08. The van der Waals surface area contributed by atoms with Gasteiger partial charge in [-0.1, -0.05) is 152 Å². The van der Waals surface area contributed by atoms with E-state index in [0.29, 0.717) is 0 Å². The SMILES string of the molecule is c1ccc(-c2cc(-c3ccc4c(c3)-c3cccc5cccc(c35)O4)cc(-c3ccc4c(c3)C3(c5ccccc5-c5ccccc53)c3ccccc3-4)c2)cc1. The Bertz CT molecular complexity index is 2950. The van der Waals surface area contributed by atoms with E-state index in [1.807, 2.05) is 0 Å². The highest BCUT2D eigenvalue weighted by molar-refractivity contribution is 6.05. The predicted molar refractivity (Wildman–Crippen MR) is 222 cm³/mol. The summed E-state index contributed by atoms with van der Waals surface area (Å²) in [5.74, 6) is 1.81. The fourth-order valence-electron chi connectivity index (χ4n) is 9.78. The van der Waals surface area contributed by atoms with Crippen LogP contribution in [0.15, 0.2) is 194 Å². The number of fused-ring (bicyclic) bond motifs is 12. The van der Waals surface area contributed by atoms with Gasteiger partial charge in [0.05, 0.1) is 5.41 Å². The molecule has 0 atom stereocenters. The molecule has 1 nitrogen and oxygen atoms in total. The molecule has 0 unspecified atom stereocenters. The minimum atomic E-state index is -0.384. The van der Waals surface area contributed by atoms with E-state index < -0.39 is 0 Å². The van der Waals surface area contributed by atoms with Crippen LogP contribution in [0.25, 0.3) is 77.5 Å². The summed E-state index contributed by atoms with van der Waals surface area (Å²) >= 11 is 0. The highest BCUT2D eigenvalue weighted by atomic mass is 16.5. The summed E-state index contributed by atoms with van der Waals surface area (Å²) in [5.41, 5.74) is 19.8. The summed E-state index contributed by atoms with van der Waals surface area (Å²) in [7, 11) is 0. The summed E-state index contributed by atoms with van der Waals surface area (Å²) in [5, 5.41) is 2.37. The molecule has 250 valence electrons. The summed E-state index contributed by atoms with van der Waals surface area (Å²) in [6.07, 6.45) is 0. The number of hydrogen-bond donors (Lipinski definition) is 0. The first-order chi connectivity index (χ1) is 26.8. The van der Waals surface area contributed by atoms with Crippen LogP contribution in [0, 0.1) is 0 Å². The third-order valence-corrected chi connectivity index (χ3v) is 12.1. The molecule has 3 aliphatic rings. The van der Waals surface area contributed by atoms with Crippen LogP contribution >= 0.6 is 0 Å². The van der Waals surface area contributed by atoms with Crippen LogP contribution in [-0.2, 0) is 5.41 Å². The van der Waals surface area contributed by atoms with Gasteiger partial charge in [0.25, 0.3) is 0 Å². The van der Waals surface area contributed by atoms with Gasteiger partial charge >= 0.3 is 0 Å². The quantitative estimate of drug-likeness (QED) is 0.180. The fraction of sp³-hybridized carbons (Fsp3) is 0.0189. The van der Waals surface area contributed by atoms with Crippen LogP contribution in [0.2, 0.25) is 0 Å². The summed E-state index contributed by atoms with van der Waals surface area (Å²) in [4.78, 5) is 0. The Labute approximate surface area is 314 Å². The fourth-order valence-corrected chi connectivity index (χ4v) is 9.78. The van der Waals surface area contributed by atoms with Crippen LogP contribution in [0.5, 0.6) is 11.5 Å². The zero-order valence-corrected chi connectivity index (χ0v) is 29.4. The molecule has 0 bridgehead atoms. The van der Waals surface area contributed by atoms with Gasteiger partial charge in [-0.15, -0.1) is 0 Å². The molecular weight excluding hydrogens is 653 g/mol. The normalized spacial score (nSPS) is 13.5. The molecule has 0 radical (unpaired) electrons. The van der Waals surface area contributed by atoms with Gasteiger partial charge in [-0.2, -0.15) is 0 Å². The van der Waals surface area contributed by atoms with Crippen LogP contribution in [-0.4, -0.2) is 0 Å². The van der Waals surface area contributed by atoms with Crippen molar-refractivity contribution in [3.05, 3.63) is 216 Å². The lowest BCUT2D eigenvalue weighted by Gasteiger charge is -2.30. The monoisotopic (exact) mass is 684 g/mol. The van der Waals surface area contributed by atoms with Gasteiger partial charge in [0.15, 0.2) is 0 Å². The van der Waals surface area contributed by atoms with E-state index in [1.54, 1.807) is 0 Å². The molecule has 54 heavy (non-hydrogen) atoms. The maximum atomic E-state index is 6.49. The van der Waals surface area contributed by atoms with Crippen molar-refractivity contribution >= 4 is 10.8 Å². The Morgan fingerprint density at radius 1 is 0.278 bits per heavy atom. The zero-order valence-electron chi connectivity index (χ0n) is 29.4. The molecule has 2 aliphatic carbocycles. The van der Waals surface area contributed by atoms with Gasteiger partial charge in [0.2, 0.25) is 0 Å². The topological polar surface area (TPSA) is 9.23 Å². The number of hydrogen-bond acceptors (Lipinski definition) is 1. The Hall–Kier alpha value is -6.96. The summed E-state index contributed by atoms with van der Waals surface area (Å²) in [6.45, 7) is 0. The second-order valence-electron chi connectivity index (χ2n) is 14.8. The van der Waals surface area contributed by atoms with Crippen LogP contribution in [0.3, 0.4) is 0 Å². The van der Waals surface area contributed by atoms with Gasteiger partial charge < -0.3 is 4.74 Å². The first kappa shape index (κ1) is 29.6. The molecule has 9 aromatic carbocycles. The van der Waals surface area contributed by atoms with E-state index in [4.69, 9.17) is 4.74 Å². The van der Waals surface area contributed by atoms with Crippen LogP contribution < -0.4 is 4.74 Å². The zero-order chi connectivity index (χ0) is 35.4. The highest BCUT2D eigenvalue weighted by Crippen LogP contribution is 2.63. The molecule has 0 N–H and O–H groups in total. The minimum absolute atomic E-state index is 0.384. The van der Waals surface area contributed by atoms with E-state index in [9.17, 15) is 0 Å². The molecule has 0 fully saturated rings. The smallest absolute Gasteiger partial charge is 0.135 e. The van der Waals surface area contributed by atoms with Gasteiger partial charge in [0.1, 0.15) is 11.5 Å². The van der Waals surface area contributed by atoms with Crippen molar-refractivity contribution in [3.8, 4) is 78.3 Å². The lowest BCUT2D eigenvalue weighted by Crippen LogP contribution is -2.25. The number of rotatable bonds is 3. The second kappa shape index (κ2) is 11.0. The molecule has 1 spiro atoms. The molecule has 9 aromatic rings. The number of benzene rings is 9. The Morgan fingerprint density at radius 2 is 0.796 bits per heavy atom. The number of ether oxygens (including phenoxy) is 1. The molecule has 12 rings (SSSR count). The van der Waals surface area contributed by atoms with Crippen molar-refractivity contribution in [3.63, 3.8) is 0 Å². The van der Waals surface area contributed by atoms with E-state index >= 15 is 0 Å². The van der Waals surface area contributed by atoms with Crippen molar-refractivity contribution in [1.82, 2.24) is 0 Å². The first-order valence-corrected chi connectivity index (χ1v) is 18.7. The van der Waals surface area contributed by atoms with E-state index in [0.717, 1.165) is 22.6 Å². The predicted octanol–water partition coefficient (Wildman–Crippen LogP) is 14.0. The minimum Gasteiger partial charge on any atom is -0.456 e. The van der Waals surface area contributed by atoms with Crippen LogP contribution in [0.1, 0.15) is 22.3 Å². The van der Waals surface area contributed by atoms with Gasteiger partial charge in [0, 0.05) is 10.9 Å². The lowest BCUT2D eigenvalue weighted by atomic mass is 9.70. The van der Waals surface area contributed by atoms with Crippen molar-refractivity contribution in [2.45, 2.75) is 5.41 Å². The molecule has 1 aliphatic heterocycles. The molecule has 1 heteroatoms. The third kappa shape index (κ3) is 3.99. The van der Waals surface area contributed by atoms with Crippen molar-refractivity contribution in [1.29, 1.82) is 0 Å². The first-order valence-electron chi connectivity index (χ1n) is 18.7. The Morgan fingerprint density at radius 3 is 1.46 bits per heavy atom. The average Bonchev–Trinajstić information content (AvgIpc) is 3.71. The second-order valence-corrected chi connectivity index (χ2v) is 14.8. The lowest BCUT2D eigenvalue weighted by molar-refractivity contribution is 0.487. The van der Waals surface area contributed by atoms with Crippen molar-refractivity contribution in [2.24, 2.45) is 0 Å². The molecule has 0 saturated carbocycles. The molecule has 0 aromatic heterocycles. The largest absolute Gasteiger partial charge is 0.456 e. The van der Waals surface area contributed by atoms with E-state index in [1.165, 1.54) is 88.7 Å². The van der Waals surface area contributed by atoms with Gasteiger partial charge in [-0.3, -0.25) is 0 Å².